The number of nitrogens with one attached hydrogen (secondary N) is 1. The van der Waals surface area contributed by atoms with Gasteiger partial charge in [0.2, 0.25) is 0 Å². The molecule has 124 valence electrons. The summed E-state index contributed by atoms with van der Waals surface area (Å²) in [5, 5.41) is 4.29. The number of benzene rings is 3. The number of hydrogen-bond donors (Lipinski definition) is 1. The summed E-state index contributed by atoms with van der Waals surface area (Å²) in [6.45, 7) is 0. The fourth-order valence-corrected chi connectivity index (χ4v) is 3.96. The Bertz CT molecular complexity index is 735. The molecule has 0 unspecified atom stereocenters. The Kier molecular flexibility index (Phi) is 4.59. The van der Waals surface area contributed by atoms with E-state index >= 15 is 0 Å². The summed E-state index contributed by atoms with van der Waals surface area (Å²) in [4.78, 5) is 0. The third-order valence-electron chi connectivity index (χ3n) is 4.48. The normalized spacial score (nSPS) is 14.0. The molecule has 3 aromatic rings. The van der Waals surface area contributed by atoms with Gasteiger partial charge in [-0.15, -0.1) is 11.8 Å². The molecule has 0 amide bonds. The van der Waals surface area contributed by atoms with Crippen molar-refractivity contribution in [3.63, 3.8) is 0 Å². The van der Waals surface area contributed by atoms with Crippen LogP contribution in [0, 0.1) is 0 Å². The average molecular weight is 344 g/mol. The van der Waals surface area contributed by atoms with Crippen molar-refractivity contribution in [2.75, 3.05) is 5.88 Å². The highest BCUT2D eigenvalue weighted by atomic mass is 32.2. The maximum atomic E-state index is 3.80. The standard InChI is InChI=1S/C22H20N2S/c1-4-10-19(11-5-1)22(20-12-6-2-7-13-20,21-14-8-3-9-15-21)23-24-16-17-25-18-24/h1-17,23H,18H2. The van der Waals surface area contributed by atoms with Gasteiger partial charge >= 0.3 is 0 Å². The maximum Gasteiger partial charge on any atom is 0.112 e. The largest absolute Gasteiger partial charge is 0.303 e. The van der Waals surface area contributed by atoms with Gasteiger partial charge in [-0.05, 0) is 22.1 Å². The predicted molar refractivity (Wildman–Crippen MR) is 106 cm³/mol. The fourth-order valence-electron chi connectivity index (χ4n) is 3.33. The minimum absolute atomic E-state index is 0.445. The number of rotatable bonds is 5. The van der Waals surface area contributed by atoms with E-state index in [-0.39, 0.29) is 0 Å². The van der Waals surface area contributed by atoms with E-state index in [4.69, 9.17) is 0 Å². The van der Waals surface area contributed by atoms with Gasteiger partial charge in [-0.25, -0.2) is 5.43 Å². The molecule has 3 aromatic carbocycles. The van der Waals surface area contributed by atoms with Crippen LogP contribution in [0.25, 0.3) is 0 Å². The Hall–Kier alpha value is -2.49. The lowest BCUT2D eigenvalue weighted by Crippen LogP contribution is -2.51. The lowest BCUT2D eigenvalue weighted by molar-refractivity contribution is 0.237. The summed E-state index contributed by atoms with van der Waals surface area (Å²) in [6.07, 6.45) is 2.11. The minimum Gasteiger partial charge on any atom is -0.303 e. The zero-order valence-corrected chi connectivity index (χ0v) is 14.7. The summed E-state index contributed by atoms with van der Waals surface area (Å²) < 4.78 is 0. The Balaban J connectivity index is 1.95. The highest BCUT2D eigenvalue weighted by molar-refractivity contribution is 8.02. The van der Waals surface area contributed by atoms with Crippen molar-refractivity contribution in [1.29, 1.82) is 0 Å². The van der Waals surface area contributed by atoms with Crippen LogP contribution in [-0.4, -0.2) is 10.9 Å². The lowest BCUT2D eigenvalue weighted by Gasteiger charge is -2.40. The van der Waals surface area contributed by atoms with E-state index in [0.29, 0.717) is 0 Å². The Morgan fingerprint density at radius 3 is 1.48 bits per heavy atom. The molecule has 1 aliphatic rings. The summed E-state index contributed by atoms with van der Waals surface area (Å²) >= 11 is 1.79. The van der Waals surface area contributed by atoms with Gasteiger partial charge in [0.1, 0.15) is 5.54 Å². The predicted octanol–water partition coefficient (Wildman–Crippen LogP) is 4.96. The number of nitrogens with zero attached hydrogens (tertiary/aromatic N) is 1. The molecule has 4 rings (SSSR count). The van der Waals surface area contributed by atoms with Crippen molar-refractivity contribution in [3.05, 3.63) is 119 Å². The minimum atomic E-state index is -0.445. The third kappa shape index (κ3) is 3.09. The highest BCUT2D eigenvalue weighted by Crippen LogP contribution is 2.37. The van der Waals surface area contributed by atoms with Crippen LogP contribution in [0.3, 0.4) is 0 Å². The van der Waals surface area contributed by atoms with Gasteiger partial charge < -0.3 is 5.01 Å². The van der Waals surface area contributed by atoms with Crippen LogP contribution in [0.5, 0.6) is 0 Å². The molecule has 0 spiro atoms. The Morgan fingerprint density at radius 1 is 0.680 bits per heavy atom. The van der Waals surface area contributed by atoms with E-state index in [1.54, 1.807) is 11.8 Å². The molecule has 25 heavy (non-hydrogen) atoms. The number of hydrazine groups is 1. The first-order valence-electron chi connectivity index (χ1n) is 8.39. The summed E-state index contributed by atoms with van der Waals surface area (Å²) in [5.41, 5.74) is 7.02. The molecular weight excluding hydrogens is 324 g/mol. The summed E-state index contributed by atoms with van der Waals surface area (Å²) in [6, 6.07) is 32.0. The molecule has 0 saturated carbocycles. The molecule has 0 atom stereocenters. The Morgan fingerprint density at radius 2 is 1.12 bits per heavy atom. The molecule has 0 aliphatic carbocycles. The van der Waals surface area contributed by atoms with Gasteiger partial charge in [0.25, 0.3) is 0 Å². The third-order valence-corrected chi connectivity index (χ3v) is 5.22. The molecule has 3 heteroatoms. The van der Waals surface area contributed by atoms with Crippen molar-refractivity contribution in [2.45, 2.75) is 5.54 Å². The van der Waals surface area contributed by atoms with Gasteiger partial charge in [-0.1, -0.05) is 91.0 Å². The maximum absolute atomic E-state index is 3.80. The smallest absolute Gasteiger partial charge is 0.112 e. The van der Waals surface area contributed by atoms with Crippen LogP contribution < -0.4 is 5.43 Å². The zero-order valence-electron chi connectivity index (χ0n) is 13.9. The van der Waals surface area contributed by atoms with E-state index in [2.05, 4.69) is 113 Å². The topological polar surface area (TPSA) is 15.3 Å². The van der Waals surface area contributed by atoms with Crippen molar-refractivity contribution < 1.29 is 0 Å². The van der Waals surface area contributed by atoms with E-state index in [9.17, 15) is 0 Å². The molecule has 1 heterocycles. The fraction of sp³-hybridized carbons (Fsp3) is 0.0909. The van der Waals surface area contributed by atoms with Gasteiger partial charge in [0.05, 0.1) is 5.88 Å². The quantitative estimate of drug-likeness (QED) is 0.659. The SMILES string of the molecule is C1=CN(NC(c2ccccc2)(c2ccccc2)c2ccccc2)CS1. The highest BCUT2D eigenvalue weighted by Gasteiger charge is 2.37. The van der Waals surface area contributed by atoms with E-state index in [1.807, 2.05) is 0 Å². The Labute approximate surface area is 153 Å². The van der Waals surface area contributed by atoms with Crippen molar-refractivity contribution in [1.82, 2.24) is 10.4 Å². The summed E-state index contributed by atoms with van der Waals surface area (Å²) in [7, 11) is 0. The number of hydrogen-bond acceptors (Lipinski definition) is 3. The van der Waals surface area contributed by atoms with E-state index < -0.39 is 5.54 Å². The summed E-state index contributed by atoms with van der Waals surface area (Å²) in [5.74, 6) is 0.897. The van der Waals surface area contributed by atoms with Crippen LogP contribution in [0.2, 0.25) is 0 Å². The van der Waals surface area contributed by atoms with Crippen LogP contribution in [0.1, 0.15) is 16.7 Å². The van der Waals surface area contributed by atoms with Gasteiger partial charge in [-0.3, -0.25) is 0 Å². The first kappa shape index (κ1) is 16.0. The average Bonchev–Trinajstić information content (AvgIpc) is 3.21. The van der Waals surface area contributed by atoms with Crippen molar-refractivity contribution in [2.24, 2.45) is 0 Å². The molecule has 0 saturated heterocycles. The van der Waals surface area contributed by atoms with E-state index in [0.717, 1.165) is 5.88 Å². The van der Waals surface area contributed by atoms with Gasteiger partial charge in [0, 0.05) is 6.20 Å². The number of thioether (sulfide) groups is 1. The van der Waals surface area contributed by atoms with Crippen molar-refractivity contribution in [3.8, 4) is 0 Å². The molecule has 0 bridgehead atoms. The first-order chi connectivity index (χ1) is 12.4. The second-order valence-corrected chi connectivity index (χ2v) is 6.87. The molecule has 1 aliphatic heterocycles. The monoisotopic (exact) mass is 344 g/mol. The second-order valence-electron chi connectivity index (χ2n) is 6.01. The molecule has 2 nitrogen and oxygen atoms in total. The second kappa shape index (κ2) is 7.18. The van der Waals surface area contributed by atoms with Gasteiger partial charge in [-0.2, -0.15) is 0 Å². The molecule has 0 aromatic heterocycles. The zero-order chi connectivity index (χ0) is 17.0. The molecule has 0 fully saturated rings. The van der Waals surface area contributed by atoms with E-state index in [1.165, 1.54) is 16.7 Å². The molecule has 1 N–H and O–H groups in total. The lowest BCUT2D eigenvalue weighted by atomic mass is 9.77. The van der Waals surface area contributed by atoms with Crippen molar-refractivity contribution >= 4 is 11.8 Å². The van der Waals surface area contributed by atoms with Crippen LogP contribution in [0.4, 0.5) is 0 Å². The molecular formula is C22H20N2S. The van der Waals surface area contributed by atoms with Gasteiger partial charge in [0.15, 0.2) is 0 Å². The molecule has 0 radical (unpaired) electrons. The van der Waals surface area contributed by atoms with Crippen LogP contribution in [0.15, 0.2) is 103 Å². The first-order valence-corrected chi connectivity index (χ1v) is 9.44. The van der Waals surface area contributed by atoms with Crippen LogP contribution >= 0.6 is 11.8 Å². The van der Waals surface area contributed by atoms with Crippen LogP contribution in [-0.2, 0) is 5.54 Å².